The van der Waals surface area contributed by atoms with Crippen molar-refractivity contribution < 1.29 is 4.74 Å². The first kappa shape index (κ1) is 16.6. The molecule has 5 nitrogen and oxygen atoms in total. The van der Waals surface area contributed by atoms with E-state index >= 15 is 0 Å². The fourth-order valence-corrected chi connectivity index (χ4v) is 5.18. The maximum atomic E-state index is 5.33. The van der Waals surface area contributed by atoms with Crippen molar-refractivity contribution in [3.8, 4) is 5.75 Å². The number of methoxy groups -OCH3 is 1. The number of hydrogen-bond donors (Lipinski definition) is 0. The first-order valence-corrected chi connectivity index (χ1v) is 9.65. The van der Waals surface area contributed by atoms with Gasteiger partial charge in [0.15, 0.2) is 0 Å². The largest absolute Gasteiger partial charge is 0.497 e. The molecule has 0 unspecified atom stereocenters. The van der Waals surface area contributed by atoms with Crippen LogP contribution in [0, 0.1) is 11.8 Å². The normalized spacial score (nSPS) is 25.3. The van der Waals surface area contributed by atoms with Crippen LogP contribution in [0.15, 0.2) is 48.8 Å². The average Bonchev–Trinajstić information content (AvgIpc) is 3.34. The van der Waals surface area contributed by atoms with Crippen LogP contribution in [0.25, 0.3) is 11.0 Å². The van der Waals surface area contributed by atoms with Crippen LogP contribution in [0.5, 0.6) is 5.75 Å². The van der Waals surface area contributed by atoms with Crippen molar-refractivity contribution in [3.05, 3.63) is 54.4 Å². The maximum Gasteiger partial charge on any atom is 0.141 e. The van der Waals surface area contributed by atoms with Crippen molar-refractivity contribution in [2.45, 2.75) is 6.04 Å². The zero-order valence-corrected chi connectivity index (χ0v) is 16.2. The lowest BCUT2D eigenvalue weighted by atomic mass is 9.89. The molecule has 3 atom stereocenters. The van der Waals surface area contributed by atoms with Gasteiger partial charge in [0.1, 0.15) is 11.4 Å². The van der Waals surface area contributed by atoms with E-state index in [0.717, 1.165) is 31.0 Å². The molecule has 140 valence electrons. The zero-order chi connectivity index (χ0) is 18.5. The third-order valence-corrected chi connectivity index (χ3v) is 6.44. The molecule has 0 N–H and O–H groups in total. The molecule has 0 amide bonds. The average molecular weight is 362 g/mol. The van der Waals surface area contributed by atoms with Gasteiger partial charge in [-0.3, -0.25) is 4.90 Å². The number of likely N-dealkylation sites (tertiary alicyclic amines) is 1. The van der Waals surface area contributed by atoms with E-state index in [9.17, 15) is 0 Å². The second-order valence-electron chi connectivity index (χ2n) is 7.98. The molecule has 0 saturated carbocycles. The van der Waals surface area contributed by atoms with E-state index in [4.69, 9.17) is 4.74 Å². The van der Waals surface area contributed by atoms with Gasteiger partial charge >= 0.3 is 0 Å². The molecule has 3 aromatic rings. The second-order valence-corrected chi connectivity index (χ2v) is 7.98. The van der Waals surface area contributed by atoms with Gasteiger partial charge in [-0.1, -0.05) is 12.1 Å². The number of rotatable bonds is 3. The highest BCUT2D eigenvalue weighted by molar-refractivity contribution is 5.90. The number of pyridine rings is 1. The number of ether oxygens (including phenoxy) is 1. The van der Waals surface area contributed by atoms with E-state index in [1.807, 2.05) is 6.20 Å². The summed E-state index contributed by atoms with van der Waals surface area (Å²) in [6, 6.07) is 13.5. The zero-order valence-electron chi connectivity index (χ0n) is 16.2. The fourth-order valence-electron chi connectivity index (χ4n) is 5.18. The Labute approximate surface area is 160 Å². The number of anilines is 1. The van der Waals surface area contributed by atoms with Crippen LogP contribution in [-0.4, -0.2) is 48.2 Å². The molecule has 2 saturated heterocycles. The van der Waals surface area contributed by atoms with Crippen LogP contribution in [-0.2, 0) is 7.05 Å². The summed E-state index contributed by atoms with van der Waals surface area (Å²) in [5.41, 5.74) is 3.78. The van der Waals surface area contributed by atoms with Crippen LogP contribution in [0.3, 0.4) is 0 Å². The van der Waals surface area contributed by atoms with E-state index < -0.39 is 0 Å². The van der Waals surface area contributed by atoms with Gasteiger partial charge in [-0.05, 0) is 42.8 Å². The Morgan fingerprint density at radius 3 is 2.59 bits per heavy atom. The second kappa shape index (κ2) is 6.27. The molecule has 0 bridgehead atoms. The van der Waals surface area contributed by atoms with Gasteiger partial charge in [0.2, 0.25) is 0 Å². The molecule has 0 spiro atoms. The summed E-state index contributed by atoms with van der Waals surface area (Å²) in [4.78, 5) is 9.65. The number of fused-ring (bicyclic) bond motifs is 2. The minimum absolute atomic E-state index is 0.471. The first-order chi connectivity index (χ1) is 13.2. The lowest BCUT2D eigenvalue weighted by Gasteiger charge is -2.28. The van der Waals surface area contributed by atoms with Gasteiger partial charge in [0.05, 0.1) is 7.11 Å². The van der Waals surface area contributed by atoms with Gasteiger partial charge in [-0.25, -0.2) is 4.98 Å². The minimum Gasteiger partial charge on any atom is -0.497 e. The summed E-state index contributed by atoms with van der Waals surface area (Å²) < 4.78 is 7.43. The minimum atomic E-state index is 0.471. The molecule has 2 aromatic heterocycles. The third-order valence-electron chi connectivity index (χ3n) is 6.44. The van der Waals surface area contributed by atoms with Crippen molar-refractivity contribution in [2.24, 2.45) is 18.9 Å². The Balaban J connectivity index is 1.45. The Bertz CT molecular complexity index is 964. The van der Waals surface area contributed by atoms with Crippen molar-refractivity contribution in [1.82, 2.24) is 14.5 Å². The molecule has 27 heavy (non-hydrogen) atoms. The number of nitrogens with zero attached hydrogens (tertiary/aromatic N) is 4. The predicted octanol–water partition coefficient (Wildman–Crippen LogP) is 3.32. The number of benzene rings is 1. The lowest BCUT2D eigenvalue weighted by molar-refractivity contribution is 0.279. The summed E-state index contributed by atoms with van der Waals surface area (Å²) in [5.74, 6) is 2.27. The monoisotopic (exact) mass is 362 g/mol. The molecule has 4 heterocycles. The van der Waals surface area contributed by atoms with E-state index in [1.165, 1.54) is 16.6 Å². The molecule has 2 aliphatic heterocycles. The number of aryl methyl sites for hydroxylation is 1. The summed E-state index contributed by atoms with van der Waals surface area (Å²) >= 11 is 0. The van der Waals surface area contributed by atoms with Gasteiger partial charge in [0, 0.05) is 62.1 Å². The molecule has 0 radical (unpaired) electrons. The van der Waals surface area contributed by atoms with Crippen molar-refractivity contribution in [2.75, 3.05) is 38.7 Å². The quantitative estimate of drug-likeness (QED) is 0.716. The van der Waals surface area contributed by atoms with Crippen LogP contribution in [0.1, 0.15) is 11.6 Å². The van der Waals surface area contributed by atoms with Crippen LogP contribution < -0.4 is 9.64 Å². The fraction of sp³-hybridized carbons (Fsp3) is 0.409. The highest BCUT2D eigenvalue weighted by Gasteiger charge is 2.46. The SMILES string of the molecule is COc1ccc([C@H]2[C@@H]3CN(c4ccnc5c4ccn5C)C[C@@H]3CN2C)cc1. The smallest absolute Gasteiger partial charge is 0.141 e. The Morgan fingerprint density at radius 1 is 1.00 bits per heavy atom. The highest BCUT2D eigenvalue weighted by Crippen LogP contribution is 2.46. The lowest BCUT2D eigenvalue weighted by Crippen LogP contribution is -2.29. The predicted molar refractivity (Wildman–Crippen MR) is 108 cm³/mol. The highest BCUT2D eigenvalue weighted by atomic mass is 16.5. The van der Waals surface area contributed by atoms with Crippen molar-refractivity contribution in [3.63, 3.8) is 0 Å². The summed E-state index contributed by atoms with van der Waals surface area (Å²) in [7, 11) is 6.05. The van der Waals surface area contributed by atoms with Gasteiger partial charge in [-0.2, -0.15) is 0 Å². The molecule has 0 aliphatic carbocycles. The Kier molecular flexibility index (Phi) is 3.86. The topological polar surface area (TPSA) is 33.5 Å². The molecule has 2 aliphatic rings. The van der Waals surface area contributed by atoms with E-state index in [1.54, 1.807) is 7.11 Å². The van der Waals surface area contributed by atoms with Crippen LogP contribution in [0.4, 0.5) is 5.69 Å². The standard InChI is InChI=1S/C22H26N4O/c1-24-11-9-18-20(8-10-23-22(18)24)26-13-16-12-25(2)21(19(16)14-26)15-4-6-17(27-3)7-5-15/h4-11,16,19,21H,12-14H2,1-3H3/t16-,19+,21-/m0/s1. The van der Waals surface area contributed by atoms with Crippen LogP contribution >= 0.6 is 0 Å². The van der Waals surface area contributed by atoms with Gasteiger partial charge < -0.3 is 14.2 Å². The third kappa shape index (κ3) is 2.60. The molecule has 2 fully saturated rings. The molecule has 1 aromatic carbocycles. The number of aromatic nitrogens is 2. The van der Waals surface area contributed by atoms with E-state index in [-0.39, 0.29) is 0 Å². The van der Waals surface area contributed by atoms with Crippen LogP contribution in [0.2, 0.25) is 0 Å². The molecule has 5 heteroatoms. The molecule has 5 rings (SSSR count). The number of hydrogen-bond acceptors (Lipinski definition) is 4. The van der Waals surface area contributed by atoms with Gasteiger partial charge in [0.25, 0.3) is 0 Å². The van der Waals surface area contributed by atoms with Crippen molar-refractivity contribution in [1.29, 1.82) is 0 Å². The first-order valence-electron chi connectivity index (χ1n) is 9.65. The Hall–Kier alpha value is -2.53. The summed E-state index contributed by atoms with van der Waals surface area (Å²) in [6.45, 7) is 3.37. The maximum absolute atomic E-state index is 5.33. The molecular formula is C22H26N4O. The van der Waals surface area contributed by atoms with E-state index in [2.05, 4.69) is 76.0 Å². The summed E-state index contributed by atoms with van der Waals surface area (Å²) in [6.07, 6.45) is 4.05. The van der Waals surface area contributed by atoms with Crippen molar-refractivity contribution >= 4 is 16.7 Å². The molecular weight excluding hydrogens is 336 g/mol. The van der Waals surface area contributed by atoms with Gasteiger partial charge in [-0.15, -0.1) is 0 Å². The van der Waals surface area contributed by atoms with E-state index in [0.29, 0.717) is 17.9 Å². The summed E-state index contributed by atoms with van der Waals surface area (Å²) in [5, 5.41) is 1.26. The Morgan fingerprint density at radius 2 is 1.81 bits per heavy atom.